The topological polar surface area (TPSA) is 24.9 Å². The largest absolute Gasteiger partial charge is 0.309 e. The number of likely N-dealkylation sites (N-methyl/N-ethyl adjacent to an activating group) is 1. The molecule has 0 aliphatic heterocycles. The molecular formula is C18H24N2. The van der Waals surface area contributed by atoms with Crippen LogP contribution in [0, 0.1) is 6.92 Å². The molecular weight excluding hydrogens is 244 g/mol. The van der Waals surface area contributed by atoms with Crippen molar-refractivity contribution in [1.82, 2.24) is 10.3 Å². The van der Waals surface area contributed by atoms with Gasteiger partial charge in [0.2, 0.25) is 0 Å². The van der Waals surface area contributed by atoms with Crippen molar-refractivity contribution in [3.8, 4) is 0 Å². The predicted octanol–water partition coefficient (Wildman–Crippen LogP) is 4.02. The summed E-state index contributed by atoms with van der Waals surface area (Å²) in [6.45, 7) is 9.68. The molecule has 1 aromatic heterocycles. The second-order valence-electron chi connectivity index (χ2n) is 5.81. The van der Waals surface area contributed by atoms with Gasteiger partial charge in [-0.15, -0.1) is 0 Å². The lowest BCUT2D eigenvalue weighted by atomic mass is 9.75. The Balaban J connectivity index is 2.39. The molecule has 0 bridgehead atoms. The molecule has 1 heterocycles. The van der Waals surface area contributed by atoms with Gasteiger partial charge in [0, 0.05) is 23.3 Å². The number of hydrogen-bond donors (Lipinski definition) is 1. The molecule has 1 atom stereocenters. The second kappa shape index (κ2) is 6.19. The Morgan fingerprint density at radius 2 is 1.80 bits per heavy atom. The summed E-state index contributed by atoms with van der Waals surface area (Å²) in [5.41, 5.74) is 3.65. The monoisotopic (exact) mass is 268 g/mol. The van der Waals surface area contributed by atoms with Crippen molar-refractivity contribution in [2.24, 2.45) is 0 Å². The summed E-state index contributed by atoms with van der Waals surface area (Å²) >= 11 is 0. The fourth-order valence-electron chi connectivity index (χ4n) is 2.68. The molecule has 0 amide bonds. The Morgan fingerprint density at radius 1 is 1.10 bits per heavy atom. The molecule has 1 unspecified atom stereocenters. The maximum atomic E-state index is 4.45. The molecule has 2 heteroatoms. The third-order valence-electron chi connectivity index (χ3n) is 3.92. The summed E-state index contributed by atoms with van der Waals surface area (Å²) in [7, 11) is 0. The van der Waals surface area contributed by atoms with Crippen molar-refractivity contribution >= 4 is 0 Å². The first kappa shape index (κ1) is 14.7. The van der Waals surface area contributed by atoms with Crippen LogP contribution in [-0.2, 0) is 5.41 Å². The van der Waals surface area contributed by atoms with E-state index >= 15 is 0 Å². The summed E-state index contributed by atoms with van der Waals surface area (Å²) in [6.07, 6.45) is 1.99. The summed E-state index contributed by atoms with van der Waals surface area (Å²) < 4.78 is 0. The summed E-state index contributed by atoms with van der Waals surface area (Å²) in [6, 6.07) is 15.2. The van der Waals surface area contributed by atoms with Gasteiger partial charge in [0.1, 0.15) is 0 Å². The Labute approximate surface area is 122 Å². The van der Waals surface area contributed by atoms with E-state index in [1.54, 1.807) is 0 Å². The van der Waals surface area contributed by atoms with E-state index in [2.05, 4.69) is 73.5 Å². The number of aromatic nitrogens is 1. The van der Waals surface area contributed by atoms with E-state index in [0.29, 0.717) is 0 Å². The van der Waals surface area contributed by atoms with E-state index in [0.717, 1.165) is 12.2 Å². The van der Waals surface area contributed by atoms with E-state index in [4.69, 9.17) is 0 Å². The third-order valence-corrected chi connectivity index (χ3v) is 3.92. The quantitative estimate of drug-likeness (QED) is 0.886. The Kier molecular flexibility index (Phi) is 4.56. The molecule has 0 aliphatic rings. The molecule has 0 fully saturated rings. The van der Waals surface area contributed by atoms with Gasteiger partial charge in [0.05, 0.1) is 0 Å². The van der Waals surface area contributed by atoms with E-state index in [-0.39, 0.29) is 11.5 Å². The summed E-state index contributed by atoms with van der Waals surface area (Å²) in [5.74, 6) is 0. The van der Waals surface area contributed by atoms with Gasteiger partial charge in [-0.1, -0.05) is 57.2 Å². The Hall–Kier alpha value is -1.67. The minimum atomic E-state index is 0.00814. The molecule has 0 radical (unpaired) electrons. The number of benzene rings is 1. The number of nitrogens with one attached hydrogen (secondary N) is 1. The lowest BCUT2D eigenvalue weighted by Crippen LogP contribution is -2.37. The standard InChI is InChI=1S/C18H24N2/c1-5-19-17(15-12-11-14(2)20-13-15)18(3,4)16-9-7-6-8-10-16/h6-13,17,19H,5H2,1-4H3. The number of aryl methyl sites for hydroxylation is 1. The number of rotatable bonds is 5. The molecule has 2 nitrogen and oxygen atoms in total. The highest BCUT2D eigenvalue weighted by atomic mass is 14.9. The maximum Gasteiger partial charge on any atom is 0.0428 e. The Morgan fingerprint density at radius 3 is 2.35 bits per heavy atom. The first-order valence-corrected chi connectivity index (χ1v) is 7.27. The van der Waals surface area contributed by atoms with Crippen LogP contribution in [0.15, 0.2) is 48.7 Å². The van der Waals surface area contributed by atoms with Gasteiger partial charge in [0.25, 0.3) is 0 Å². The number of pyridine rings is 1. The van der Waals surface area contributed by atoms with Crippen molar-refractivity contribution in [3.63, 3.8) is 0 Å². The molecule has 0 saturated heterocycles. The molecule has 0 saturated carbocycles. The van der Waals surface area contributed by atoms with Crippen LogP contribution in [0.1, 0.15) is 43.6 Å². The van der Waals surface area contributed by atoms with Crippen LogP contribution in [0.5, 0.6) is 0 Å². The molecule has 1 N–H and O–H groups in total. The lowest BCUT2D eigenvalue weighted by molar-refractivity contribution is 0.353. The minimum Gasteiger partial charge on any atom is -0.309 e. The van der Waals surface area contributed by atoms with Crippen LogP contribution in [0.4, 0.5) is 0 Å². The van der Waals surface area contributed by atoms with Gasteiger partial charge in [-0.3, -0.25) is 4.98 Å². The molecule has 106 valence electrons. The highest BCUT2D eigenvalue weighted by molar-refractivity contribution is 5.31. The van der Waals surface area contributed by atoms with E-state index < -0.39 is 0 Å². The molecule has 0 aliphatic carbocycles. The van der Waals surface area contributed by atoms with Crippen molar-refractivity contribution in [2.45, 2.75) is 39.2 Å². The zero-order chi connectivity index (χ0) is 14.6. The van der Waals surface area contributed by atoms with Crippen LogP contribution in [0.2, 0.25) is 0 Å². The van der Waals surface area contributed by atoms with Gasteiger partial charge < -0.3 is 5.32 Å². The van der Waals surface area contributed by atoms with Crippen molar-refractivity contribution in [1.29, 1.82) is 0 Å². The maximum absolute atomic E-state index is 4.45. The Bertz CT molecular complexity index is 529. The highest BCUT2D eigenvalue weighted by Crippen LogP contribution is 2.36. The molecule has 1 aromatic carbocycles. The van der Waals surface area contributed by atoms with Crippen molar-refractivity contribution in [2.75, 3.05) is 6.54 Å². The number of hydrogen-bond acceptors (Lipinski definition) is 2. The second-order valence-corrected chi connectivity index (χ2v) is 5.81. The molecule has 20 heavy (non-hydrogen) atoms. The number of nitrogens with zero attached hydrogens (tertiary/aromatic N) is 1. The first-order valence-electron chi connectivity index (χ1n) is 7.27. The molecule has 0 spiro atoms. The SMILES string of the molecule is CCNC(c1ccc(C)nc1)C(C)(C)c1ccccc1. The first-order chi connectivity index (χ1) is 9.55. The average Bonchev–Trinajstić information content (AvgIpc) is 2.47. The minimum absolute atomic E-state index is 0.00814. The normalized spacial score (nSPS) is 13.2. The van der Waals surface area contributed by atoms with Crippen LogP contribution >= 0.6 is 0 Å². The summed E-state index contributed by atoms with van der Waals surface area (Å²) in [4.78, 5) is 4.45. The van der Waals surface area contributed by atoms with Gasteiger partial charge in [-0.2, -0.15) is 0 Å². The van der Waals surface area contributed by atoms with Crippen LogP contribution < -0.4 is 5.32 Å². The van der Waals surface area contributed by atoms with Crippen molar-refractivity contribution < 1.29 is 0 Å². The van der Waals surface area contributed by atoms with Crippen LogP contribution in [0.25, 0.3) is 0 Å². The molecule has 2 rings (SSSR count). The zero-order valence-electron chi connectivity index (χ0n) is 12.9. The predicted molar refractivity (Wildman–Crippen MR) is 84.9 cm³/mol. The lowest BCUT2D eigenvalue weighted by Gasteiger charge is -2.36. The fourth-order valence-corrected chi connectivity index (χ4v) is 2.68. The fraction of sp³-hybridized carbons (Fsp3) is 0.389. The van der Waals surface area contributed by atoms with E-state index in [1.165, 1.54) is 11.1 Å². The van der Waals surface area contributed by atoms with Gasteiger partial charge in [-0.05, 0) is 30.7 Å². The van der Waals surface area contributed by atoms with Crippen molar-refractivity contribution in [3.05, 3.63) is 65.5 Å². The summed E-state index contributed by atoms with van der Waals surface area (Å²) in [5, 5.41) is 3.62. The van der Waals surface area contributed by atoms with E-state index in [1.807, 2.05) is 13.1 Å². The van der Waals surface area contributed by atoms with Gasteiger partial charge >= 0.3 is 0 Å². The van der Waals surface area contributed by atoms with E-state index in [9.17, 15) is 0 Å². The van der Waals surface area contributed by atoms with Gasteiger partial charge in [0.15, 0.2) is 0 Å². The zero-order valence-corrected chi connectivity index (χ0v) is 12.9. The van der Waals surface area contributed by atoms with Crippen LogP contribution in [-0.4, -0.2) is 11.5 Å². The smallest absolute Gasteiger partial charge is 0.0428 e. The van der Waals surface area contributed by atoms with Gasteiger partial charge in [-0.25, -0.2) is 0 Å². The highest BCUT2D eigenvalue weighted by Gasteiger charge is 2.31. The molecule has 2 aromatic rings. The average molecular weight is 268 g/mol. The van der Waals surface area contributed by atoms with Crippen LogP contribution in [0.3, 0.4) is 0 Å². The third kappa shape index (κ3) is 3.07.